The van der Waals surface area contributed by atoms with Crippen molar-refractivity contribution in [1.29, 1.82) is 0 Å². The maximum absolute atomic E-state index is 5.40. The van der Waals surface area contributed by atoms with E-state index in [-0.39, 0.29) is 0 Å². The molecule has 3 heteroatoms. The van der Waals surface area contributed by atoms with Crippen molar-refractivity contribution in [3.05, 3.63) is 35.4 Å². The molecular weight excluding hydrogens is 214 g/mol. The third-order valence-corrected chi connectivity index (χ3v) is 2.40. The van der Waals surface area contributed by atoms with E-state index in [1.54, 1.807) is 7.11 Å². The number of ether oxygens (including phenoxy) is 2. The lowest BCUT2D eigenvalue weighted by Crippen LogP contribution is -2.19. The molecule has 1 N–H and O–H groups in total. The van der Waals surface area contributed by atoms with E-state index >= 15 is 0 Å². The van der Waals surface area contributed by atoms with Crippen LogP contribution in [0, 0.1) is 0 Å². The zero-order valence-electron chi connectivity index (χ0n) is 10.9. The molecule has 0 aliphatic heterocycles. The molecule has 0 aliphatic carbocycles. The second-order valence-corrected chi connectivity index (χ2v) is 4.04. The highest BCUT2D eigenvalue weighted by Crippen LogP contribution is 2.05. The summed E-state index contributed by atoms with van der Waals surface area (Å²) in [7, 11) is 1.72. The Balaban J connectivity index is 2.19. The molecule has 0 saturated heterocycles. The first-order valence-corrected chi connectivity index (χ1v) is 6.22. The molecule has 0 atom stereocenters. The molecule has 96 valence electrons. The number of rotatable bonds is 9. The van der Waals surface area contributed by atoms with Crippen LogP contribution in [0.15, 0.2) is 24.3 Å². The quantitative estimate of drug-likeness (QED) is 0.669. The summed E-state index contributed by atoms with van der Waals surface area (Å²) in [5, 5.41) is 3.36. The smallest absolute Gasteiger partial charge is 0.0713 e. The molecule has 0 aromatic heterocycles. The Bertz CT molecular complexity index is 302. The largest absolute Gasteiger partial charge is 0.380 e. The average molecular weight is 237 g/mol. The molecular formula is C14H23NO2. The summed E-state index contributed by atoms with van der Waals surface area (Å²) in [5.74, 6) is 0. The van der Waals surface area contributed by atoms with Crippen LogP contribution in [0.5, 0.6) is 0 Å². The topological polar surface area (TPSA) is 30.5 Å². The van der Waals surface area contributed by atoms with Gasteiger partial charge in [-0.15, -0.1) is 0 Å². The van der Waals surface area contributed by atoms with E-state index in [0.717, 1.165) is 32.7 Å². The fourth-order valence-corrected chi connectivity index (χ4v) is 1.62. The van der Waals surface area contributed by atoms with E-state index in [1.165, 1.54) is 11.1 Å². The standard InChI is InChI=1S/C14H23NO2/c1-3-8-17-9-7-15-11-13-5-4-6-14(10-13)12-16-2/h4-6,10,15H,3,7-9,11-12H2,1-2H3. The number of methoxy groups -OCH3 is 1. The highest BCUT2D eigenvalue weighted by Gasteiger charge is 1.95. The predicted octanol–water partition coefficient (Wildman–Crippen LogP) is 2.35. The van der Waals surface area contributed by atoms with Crippen LogP contribution in [0.4, 0.5) is 0 Å². The lowest BCUT2D eigenvalue weighted by Gasteiger charge is -2.07. The van der Waals surface area contributed by atoms with Gasteiger partial charge in [0.05, 0.1) is 13.2 Å². The van der Waals surface area contributed by atoms with Gasteiger partial charge in [-0.2, -0.15) is 0 Å². The van der Waals surface area contributed by atoms with Crippen LogP contribution in [-0.2, 0) is 22.6 Å². The summed E-state index contributed by atoms with van der Waals surface area (Å²) in [6.07, 6.45) is 1.08. The van der Waals surface area contributed by atoms with E-state index in [1.807, 2.05) is 0 Å². The molecule has 0 spiro atoms. The van der Waals surface area contributed by atoms with Crippen LogP contribution in [0.3, 0.4) is 0 Å². The number of nitrogens with one attached hydrogen (secondary N) is 1. The normalized spacial score (nSPS) is 10.7. The van der Waals surface area contributed by atoms with Crippen molar-refractivity contribution >= 4 is 0 Å². The Morgan fingerprint density at radius 2 is 2.00 bits per heavy atom. The van der Waals surface area contributed by atoms with E-state index in [0.29, 0.717) is 6.61 Å². The second-order valence-electron chi connectivity index (χ2n) is 4.04. The molecule has 0 unspecified atom stereocenters. The number of hydrogen-bond donors (Lipinski definition) is 1. The first-order valence-electron chi connectivity index (χ1n) is 6.22. The molecule has 0 bridgehead atoms. The first-order chi connectivity index (χ1) is 8.36. The van der Waals surface area contributed by atoms with Gasteiger partial charge in [0, 0.05) is 26.8 Å². The van der Waals surface area contributed by atoms with Gasteiger partial charge in [-0.25, -0.2) is 0 Å². The molecule has 0 fully saturated rings. The molecule has 0 aliphatic rings. The SMILES string of the molecule is CCCOCCNCc1cccc(COC)c1. The van der Waals surface area contributed by atoms with E-state index in [9.17, 15) is 0 Å². The van der Waals surface area contributed by atoms with E-state index in [2.05, 4.69) is 36.5 Å². The van der Waals surface area contributed by atoms with Crippen molar-refractivity contribution in [1.82, 2.24) is 5.32 Å². The highest BCUT2D eigenvalue weighted by molar-refractivity contribution is 5.22. The van der Waals surface area contributed by atoms with Gasteiger partial charge < -0.3 is 14.8 Å². The Morgan fingerprint density at radius 1 is 1.18 bits per heavy atom. The van der Waals surface area contributed by atoms with Crippen molar-refractivity contribution in [2.45, 2.75) is 26.5 Å². The Kier molecular flexibility index (Phi) is 7.63. The summed E-state index contributed by atoms with van der Waals surface area (Å²) in [4.78, 5) is 0. The minimum absolute atomic E-state index is 0.674. The van der Waals surface area contributed by atoms with Crippen LogP contribution >= 0.6 is 0 Å². The molecule has 0 heterocycles. The third-order valence-electron chi connectivity index (χ3n) is 2.40. The van der Waals surface area contributed by atoms with Gasteiger partial charge >= 0.3 is 0 Å². The Labute approximate surface area is 104 Å². The van der Waals surface area contributed by atoms with Crippen molar-refractivity contribution in [2.24, 2.45) is 0 Å². The first kappa shape index (κ1) is 14.2. The van der Waals surface area contributed by atoms with Gasteiger partial charge in [-0.1, -0.05) is 31.2 Å². The fraction of sp³-hybridized carbons (Fsp3) is 0.571. The van der Waals surface area contributed by atoms with Crippen LogP contribution < -0.4 is 5.32 Å². The molecule has 1 aromatic carbocycles. The second kappa shape index (κ2) is 9.16. The lowest BCUT2D eigenvalue weighted by atomic mass is 10.1. The van der Waals surface area contributed by atoms with Gasteiger partial charge in [0.1, 0.15) is 0 Å². The molecule has 1 rings (SSSR count). The maximum atomic E-state index is 5.40. The molecule has 0 amide bonds. The zero-order valence-corrected chi connectivity index (χ0v) is 10.9. The van der Waals surface area contributed by atoms with Gasteiger partial charge in [0.2, 0.25) is 0 Å². The minimum atomic E-state index is 0.674. The van der Waals surface area contributed by atoms with Crippen LogP contribution in [-0.4, -0.2) is 26.9 Å². The number of benzene rings is 1. The monoisotopic (exact) mass is 237 g/mol. The maximum Gasteiger partial charge on any atom is 0.0713 e. The van der Waals surface area contributed by atoms with Crippen LogP contribution in [0.25, 0.3) is 0 Å². The molecule has 0 saturated carbocycles. The summed E-state index contributed by atoms with van der Waals surface area (Å²) < 4.78 is 10.5. The highest BCUT2D eigenvalue weighted by atomic mass is 16.5. The van der Waals surface area contributed by atoms with Crippen molar-refractivity contribution in [2.75, 3.05) is 26.9 Å². The molecule has 17 heavy (non-hydrogen) atoms. The van der Waals surface area contributed by atoms with Gasteiger partial charge in [0.25, 0.3) is 0 Å². The summed E-state index contributed by atoms with van der Waals surface area (Å²) >= 11 is 0. The zero-order chi connectivity index (χ0) is 12.3. The van der Waals surface area contributed by atoms with Crippen LogP contribution in [0.1, 0.15) is 24.5 Å². The van der Waals surface area contributed by atoms with Crippen molar-refractivity contribution < 1.29 is 9.47 Å². The molecule has 1 aromatic rings. The van der Waals surface area contributed by atoms with E-state index in [4.69, 9.17) is 9.47 Å². The Morgan fingerprint density at radius 3 is 2.76 bits per heavy atom. The summed E-state index contributed by atoms with van der Waals surface area (Å²) in [5.41, 5.74) is 2.50. The predicted molar refractivity (Wildman–Crippen MR) is 70.0 cm³/mol. The van der Waals surface area contributed by atoms with Crippen molar-refractivity contribution in [3.8, 4) is 0 Å². The summed E-state index contributed by atoms with van der Waals surface area (Å²) in [6, 6.07) is 8.44. The average Bonchev–Trinajstić information content (AvgIpc) is 2.35. The summed E-state index contributed by atoms with van der Waals surface area (Å²) in [6.45, 7) is 6.21. The third kappa shape index (κ3) is 6.41. The van der Waals surface area contributed by atoms with E-state index < -0.39 is 0 Å². The van der Waals surface area contributed by atoms with Gasteiger partial charge in [-0.05, 0) is 17.5 Å². The van der Waals surface area contributed by atoms with Gasteiger partial charge in [-0.3, -0.25) is 0 Å². The fourth-order valence-electron chi connectivity index (χ4n) is 1.62. The van der Waals surface area contributed by atoms with Crippen LogP contribution in [0.2, 0.25) is 0 Å². The van der Waals surface area contributed by atoms with Gasteiger partial charge in [0.15, 0.2) is 0 Å². The van der Waals surface area contributed by atoms with Crippen molar-refractivity contribution in [3.63, 3.8) is 0 Å². The Hall–Kier alpha value is -0.900. The minimum Gasteiger partial charge on any atom is -0.380 e. The molecule has 3 nitrogen and oxygen atoms in total. The molecule has 0 radical (unpaired) electrons. The lowest BCUT2D eigenvalue weighted by molar-refractivity contribution is 0.136. The number of hydrogen-bond acceptors (Lipinski definition) is 3.